The van der Waals surface area contributed by atoms with E-state index in [1.54, 1.807) is 6.07 Å². The van der Waals surface area contributed by atoms with Gasteiger partial charge in [-0.2, -0.15) is 0 Å². The number of piperidine rings is 1. The van der Waals surface area contributed by atoms with Crippen molar-refractivity contribution in [1.29, 1.82) is 0 Å². The molecule has 1 aromatic heterocycles. The van der Waals surface area contributed by atoms with Crippen LogP contribution in [0.3, 0.4) is 0 Å². The zero-order chi connectivity index (χ0) is 19.8. The summed E-state index contributed by atoms with van der Waals surface area (Å²) in [6.07, 6.45) is 3.34. The van der Waals surface area contributed by atoms with E-state index >= 15 is 0 Å². The van der Waals surface area contributed by atoms with Crippen LogP contribution in [0, 0.1) is 5.92 Å². The van der Waals surface area contributed by atoms with Gasteiger partial charge in [-0.05, 0) is 81.0 Å². The van der Waals surface area contributed by atoms with E-state index in [9.17, 15) is 0 Å². The first kappa shape index (κ1) is 20.4. The number of halogens is 1. The average molecular weight is 403 g/mol. The highest BCUT2D eigenvalue weighted by molar-refractivity contribution is 6.29. The van der Waals surface area contributed by atoms with Crippen molar-refractivity contribution in [3.8, 4) is 5.75 Å². The van der Waals surface area contributed by atoms with Gasteiger partial charge in [-0.15, -0.1) is 10.2 Å². The third-order valence-electron chi connectivity index (χ3n) is 4.95. The normalized spacial score (nSPS) is 15.5. The Kier molecular flexibility index (Phi) is 7.48. The second-order valence-electron chi connectivity index (χ2n) is 6.90. The number of aromatic nitrogens is 2. The Labute approximate surface area is 171 Å². The zero-order valence-corrected chi connectivity index (χ0v) is 17.2. The van der Waals surface area contributed by atoms with Crippen LogP contribution in [0.5, 0.6) is 5.75 Å². The molecule has 1 saturated heterocycles. The highest BCUT2D eigenvalue weighted by atomic mass is 35.5. The molecule has 1 aliphatic rings. The molecule has 0 aliphatic carbocycles. The van der Waals surface area contributed by atoms with Crippen molar-refractivity contribution in [3.05, 3.63) is 47.1 Å². The maximum atomic E-state index is 5.93. The predicted octanol–water partition coefficient (Wildman–Crippen LogP) is 4.58. The van der Waals surface area contributed by atoms with Crippen molar-refractivity contribution in [3.63, 3.8) is 0 Å². The molecule has 7 heteroatoms. The number of rotatable bonds is 8. The molecule has 6 nitrogen and oxygen atoms in total. The van der Waals surface area contributed by atoms with Crippen LogP contribution in [0.2, 0.25) is 5.15 Å². The number of hydrogen-bond acceptors (Lipinski definition) is 6. The van der Waals surface area contributed by atoms with Gasteiger partial charge in [-0.3, -0.25) is 0 Å². The van der Waals surface area contributed by atoms with Crippen LogP contribution in [-0.2, 0) is 4.84 Å². The van der Waals surface area contributed by atoms with E-state index in [1.165, 1.54) is 0 Å². The minimum atomic E-state index is 0.431. The number of benzene rings is 1. The van der Waals surface area contributed by atoms with E-state index in [4.69, 9.17) is 21.2 Å². The second-order valence-corrected chi connectivity index (χ2v) is 7.29. The topological polar surface area (TPSA) is 59.8 Å². The lowest BCUT2D eigenvalue weighted by Crippen LogP contribution is -2.34. The first-order chi connectivity index (χ1) is 13.7. The van der Waals surface area contributed by atoms with Crippen LogP contribution in [0.1, 0.15) is 38.7 Å². The molecule has 3 rings (SSSR count). The third-order valence-corrected chi connectivity index (χ3v) is 5.16. The molecule has 0 amide bonds. The van der Waals surface area contributed by atoms with Crippen LogP contribution < -0.4 is 9.64 Å². The molecule has 0 N–H and O–H groups in total. The summed E-state index contributed by atoms with van der Waals surface area (Å²) in [6.45, 7) is 7.15. The molecule has 2 heterocycles. The van der Waals surface area contributed by atoms with Crippen LogP contribution >= 0.6 is 11.6 Å². The van der Waals surface area contributed by atoms with Crippen molar-refractivity contribution >= 4 is 23.1 Å². The van der Waals surface area contributed by atoms with E-state index < -0.39 is 0 Å². The van der Waals surface area contributed by atoms with Gasteiger partial charge in [0.25, 0.3) is 0 Å². The summed E-state index contributed by atoms with van der Waals surface area (Å²) in [5.74, 6) is 2.47. The molecule has 0 unspecified atom stereocenters. The van der Waals surface area contributed by atoms with Gasteiger partial charge in [0, 0.05) is 13.1 Å². The minimum Gasteiger partial charge on any atom is -0.494 e. The Morgan fingerprint density at radius 1 is 1.14 bits per heavy atom. The van der Waals surface area contributed by atoms with E-state index in [0.717, 1.165) is 61.8 Å². The minimum absolute atomic E-state index is 0.431. The monoisotopic (exact) mass is 402 g/mol. The zero-order valence-electron chi connectivity index (χ0n) is 16.5. The Hall–Kier alpha value is -2.34. The molecule has 150 valence electrons. The molecule has 1 aliphatic heterocycles. The van der Waals surface area contributed by atoms with Gasteiger partial charge in [0.05, 0.1) is 12.3 Å². The number of nitrogens with zero attached hydrogens (tertiary/aromatic N) is 4. The largest absolute Gasteiger partial charge is 0.494 e. The number of oxime groups is 1. The van der Waals surface area contributed by atoms with Crippen molar-refractivity contribution in [2.75, 3.05) is 31.2 Å². The smallest absolute Gasteiger partial charge is 0.151 e. The van der Waals surface area contributed by atoms with E-state index in [-0.39, 0.29) is 0 Å². The van der Waals surface area contributed by atoms with Gasteiger partial charge in [0.15, 0.2) is 11.0 Å². The molecule has 2 aromatic rings. The molecule has 0 atom stereocenters. The number of hydrogen-bond donors (Lipinski definition) is 0. The highest BCUT2D eigenvalue weighted by Gasteiger charge is 2.20. The predicted molar refractivity (Wildman–Crippen MR) is 112 cm³/mol. The summed E-state index contributed by atoms with van der Waals surface area (Å²) in [5, 5.41) is 12.6. The summed E-state index contributed by atoms with van der Waals surface area (Å²) in [5.41, 5.74) is 1.91. The molecule has 0 radical (unpaired) electrons. The Morgan fingerprint density at radius 3 is 2.54 bits per heavy atom. The summed E-state index contributed by atoms with van der Waals surface area (Å²) in [4.78, 5) is 7.36. The molecule has 0 saturated carbocycles. The fourth-order valence-electron chi connectivity index (χ4n) is 3.28. The fourth-order valence-corrected chi connectivity index (χ4v) is 3.38. The molecule has 0 spiro atoms. The van der Waals surface area contributed by atoms with Gasteiger partial charge < -0.3 is 14.5 Å². The fraction of sp³-hybridized carbons (Fsp3) is 0.476. The van der Waals surface area contributed by atoms with Crippen LogP contribution in [0.15, 0.2) is 41.6 Å². The average Bonchev–Trinajstić information content (AvgIpc) is 2.73. The Balaban J connectivity index is 1.39. The van der Waals surface area contributed by atoms with Crippen LogP contribution in [0.4, 0.5) is 5.82 Å². The third kappa shape index (κ3) is 5.83. The van der Waals surface area contributed by atoms with E-state index in [1.807, 2.05) is 44.2 Å². The lowest BCUT2D eigenvalue weighted by Gasteiger charge is -2.32. The number of anilines is 1. The van der Waals surface area contributed by atoms with Crippen LogP contribution in [0.25, 0.3) is 0 Å². The maximum Gasteiger partial charge on any atom is 0.151 e. The van der Waals surface area contributed by atoms with Crippen molar-refractivity contribution in [2.45, 2.75) is 33.1 Å². The number of ether oxygens (including phenoxy) is 1. The summed E-state index contributed by atoms with van der Waals surface area (Å²) < 4.78 is 5.93. The van der Waals surface area contributed by atoms with E-state index in [0.29, 0.717) is 17.7 Å². The Morgan fingerprint density at radius 2 is 1.89 bits per heavy atom. The molecule has 28 heavy (non-hydrogen) atoms. The highest BCUT2D eigenvalue weighted by Crippen LogP contribution is 2.24. The van der Waals surface area contributed by atoms with Crippen molar-refractivity contribution < 1.29 is 9.57 Å². The van der Waals surface area contributed by atoms with Gasteiger partial charge in [0.1, 0.15) is 12.4 Å². The molecule has 1 aromatic carbocycles. The van der Waals surface area contributed by atoms with Gasteiger partial charge in [0.2, 0.25) is 0 Å². The first-order valence-electron chi connectivity index (χ1n) is 9.79. The molecular weight excluding hydrogens is 376 g/mol. The van der Waals surface area contributed by atoms with Crippen molar-refractivity contribution in [2.24, 2.45) is 11.1 Å². The van der Waals surface area contributed by atoms with Gasteiger partial charge in [-0.25, -0.2) is 0 Å². The standard InChI is InChI=1S/C21H27ClN4O2/c1-3-28-25-16(2)18-4-6-19(7-5-18)27-15-12-17-10-13-26(14-11-17)21-9-8-20(22)23-24-21/h4-9,17H,3,10-15H2,1-2H3/b25-16+. The SMILES string of the molecule is CCO/N=C(\C)c1ccc(OCCC2CCN(c3ccc(Cl)nn3)CC2)cc1. The lowest BCUT2D eigenvalue weighted by atomic mass is 9.94. The first-order valence-corrected chi connectivity index (χ1v) is 10.2. The quantitative estimate of drug-likeness (QED) is 0.478. The van der Waals surface area contributed by atoms with Crippen LogP contribution in [-0.4, -0.2) is 42.2 Å². The second kappa shape index (κ2) is 10.3. The lowest BCUT2D eigenvalue weighted by molar-refractivity contribution is 0.159. The van der Waals surface area contributed by atoms with E-state index in [2.05, 4.69) is 20.3 Å². The van der Waals surface area contributed by atoms with Gasteiger partial charge >= 0.3 is 0 Å². The summed E-state index contributed by atoms with van der Waals surface area (Å²) in [7, 11) is 0. The molecular formula is C21H27ClN4O2. The molecule has 1 fully saturated rings. The van der Waals surface area contributed by atoms with Gasteiger partial charge in [-0.1, -0.05) is 16.8 Å². The molecule has 0 bridgehead atoms. The van der Waals surface area contributed by atoms with Crippen molar-refractivity contribution in [1.82, 2.24) is 10.2 Å². The summed E-state index contributed by atoms with van der Waals surface area (Å²) in [6, 6.07) is 11.7. The maximum absolute atomic E-state index is 5.93. The Bertz CT molecular complexity index is 757. The summed E-state index contributed by atoms with van der Waals surface area (Å²) >= 11 is 5.81.